The molecule has 9 atom stereocenters. The van der Waals surface area contributed by atoms with Crippen LogP contribution in [0.2, 0.25) is 0 Å². The van der Waals surface area contributed by atoms with Crippen molar-refractivity contribution in [2.45, 2.75) is 89.8 Å². The summed E-state index contributed by atoms with van der Waals surface area (Å²) in [6, 6.07) is 3.36. The number of amides is 2. The lowest BCUT2D eigenvalue weighted by molar-refractivity contribution is -0.148. The van der Waals surface area contributed by atoms with Crippen LogP contribution in [-0.2, 0) is 9.59 Å². The molecule has 4 fully saturated rings. The van der Waals surface area contributed by atoms with E-state index in [0.29, 0.717) is 42.2 Å². The Labute approximate surface area is 187 Å². The highest BCUT2D eigenvalue weighted by atomic mass is 16.2. The predicted octanol–water partition coefficient (Wildman–Crippen LogP) is 3.08. The van der Waals surface area contributed by atoms with E-state index < -0.39 is 0 Å². The van der Waals surface area contributed by atoms with E-state index in [2.05, 4.69) is 35.5 Å². The fourth-order valence-corrected chi connectivity index (χ4v) is 6.96. The Hall–Kier alpha value is -1.61. The third-order valence-electron chi connectivity index (χ3n) is 8.94. The van der Waals surface area contributed by atoms with Crippen molar-refractivity contribution < 1.29 is 9.59 Å². The molecule has 2 aliphatic carbocycles. The van der Waals surface area contributed by atoms with Crippen LogP contribution >= 0.6 is 0 Å². The summed E-state index contributed by atoms with van der Waals surface area (Å²) >= 11 is 0. The third-order valence-corrected chi connectivity index (χ3v) is 8.94. The molecule has 0 radical (unpaired) electrons. The predicted molar refractivity (Wildman–Crippen MR) is 120 cm³/mol. The van der Waals surface area contributed by atoms with Gasteiger partial charge in [-0.3, -0.25) is 9.59 Å². The fourth-order valence-electron chi connectivity index (χ4n) is 6.96. The molecule has 172 valence electrons. The number of hydrogen-bond donors (Lipinski definition) is 2. The fraction of sp³-hybridized carbons (Fsp3) is 0.880. The molecule has 0 spiro atoms. The van der Waals surface area contributed by atoms with Gasteiger partial charge in [-0.15, -0.1) is 0 Å². The first-order chi connectivity index (χ1) is 14.9. The minimum Gasteiger partial charge on any atom is -0.353 e. The zero-order valence-corrected chi connectivity index (χ0v) is 19.5. The van der Waals surface area contributed by atoms with Gasteiger partial charge in [0.1, 0.15) is 0 Å². The van der Waals surface area contributed by atoms with Crippen molar-refractivity contribution in [1.82, 2.24) is 15.5 Å². The highest BCUT2D eigenvalue weighted by Crippen LogP contribution is 2.43. The summed E-state index contributed by atoms with van der Waals surface area (Å²) in [5.41, 5.74) is 0. The highest BCUT2D eigenvalue weighted by molar-refractivity contribution is 5.80. The van der Waals surface area contributed by atoms with Gasteiger partial charge in [0, 0.05) is 49.5 Å². The normalized spacial score (nSPS) is 43.6. The van der Waals surface area contributed by atoms with Gasteiger partial charge in [-0.1, -0.05) is 13.3 Å². The Bertz CT molecular complexity index is 719. The number of hydrogen-bond acceptors (Lipinski definition) is 4. The second-order valence-electron chi connectivity index (χ2n) is 11.0. The van der Waals surface area contributed by atoms with Gasteiger partial charge in [0.2, 0.25) is 11.8 Å². The van der Waals surface area contributed by atoms with E-state index in [1.165, 1.54) is 0 Å². The molecule has 31 heavy (non-hydrogen) atoms. The zero-order chi connectivity index (χ0) is 22.1. The van der Waals surface area contributed by atoms with Gasteiger partial charge < -0.3 is 15.5 Å². The number of piperidine rings is 2. The lowest BCUT2D eigenvalue weighted by Crippen LogP contribution is -2.60. The van der Waals surface area contributed by atoms with Crippen molar-refractivity contribution in [3.05, 3.63) is 0 Å². The summed E-state index contributed by atoms with van der Waals surface area (Å²) < 4.78 is 0. The topological polar surface area (TPSA) is 85.2 Å². The monoisotopic (exact) mass is 428 g/mol. The molecule has 2 heterocycles. The van der Waals surface area contributed by atoms with Crippen molar-refractivity contribution in [2.75, 3.05) is 13.6 Å². The number of fused-ring (bicyclic) bond motifs is 1. The van der Waals surface area contributed by atoms with E-state index in [0.717, 1.165) is 57.9 Å². The molecule has 9 unspecified atom stereocenters. The zero-order valence-electron chi connectivity index (χ0n) is 19.5. The Morgan fingerprint density at radius 3 is 2.71 bits per heavy atom. The third kappa shape index (κ3) is 4.77. The van der Waals surface area contributed by atoms with E-state index in [9.17, 15) is 14.9 Å². The molecule has 6 nitrogen and oxygen atoms in total. The molecule has 0 aromatic carbocycles. The van der Waals surface area contributed by atoms with Crippen molar-refractivity contribution in [3.63, 3.8) is 0 Å². The van der Waals surface area contributed by atoms with Gasteiger partial charge in [-0.05, 0) is 76.0 Å². The highest BCUT2D eigenvalue weighted by Gasteiger charge is 2.47. The Balaban J connectivity index is 1.39. The van der Waals surface area contributed by atoms with Crippen molar-refractivity contribution in [2.24, 2.45) is 35.5 Å². The minimum absolute atomic E-state index is 0.0188. The molecule has 2 saturated carbocycles. The summed E-state index contributed by atoms with van der Waals surface area (Å²) in [6.07, 6.45) is 8.51. The Kier molecular flexibility index (Phi) is 6.91. The first-order valence-corrected chi connectivity index (χ1v) is 12.6. The van der Waals surface area contributed by atoms with Crippen molar-refractivity contribution in [3.8, 4) is 6.07 Å². The van der Waals surface area contributed by atoms with Crippen molar-refractivity contribution >= 4 is 11.8 Å². The first kappa shape index (κ1) is 22.6. The smallest absolute Gasteiger partial charge is 0.225 e. The summed E-state index contributed by atoms with van der Waals surface area (Å²) in [7, 11) is 2.01. The van der Waals surface area contributed by atoms with E-state index >= 15 is 0 Å². The molecule has 4 aliphatic rings. The van der Waals surface area contributed by atoms with Crippen LogP contribution in [0.25, 0.3) is 0 Å². The first-order valence-electron chi connectivity index (χ1n) is 12.6. The number of nitriles is 1. The van der Waals surface area contributed by atoms with Crippen LogP contribution in [0, 0.1) is 46.8 Å². The van der Waals surface area contributed by atoms with E-state index in [4.69, 9.17) is 0 Å². The average Bonchev–Trinajstić information content (AvgIpc) is 2.78. The van der Waals surface area contributed by atoms with Crippen LogP contribution in [0.15, 0.2) is 0 Å². The number of nitrogens with one attached hydrogen (secondary N) is 2. The number of carbonyl (C=O) groups is 2. The van der Waals surface area contributed by atoms with E-state index in [-0.39, 0.29) is 29.7 Å². The van der Waals surface area contributed by atoms with Gasteiger partial charge in [-0.25, -0.2) is 0 Å². The average molecular weight is 429 g/mol. The molecule has 0 aromatic heterocycles. The van der Waals surface area contributed by atoms with Crippen LogP contribution in [0.1, 0.15) is 71.6 Å². The number of likely N-dealkylation sites (tertiary alicyclic amines) is 1. The lowest BCUT2D eigenvalue weighted by Gasteiger charge is -2.50. The van der Waals surface area contributed by atoms with Crippen LogP contribution in [0.5, 0.6) is 0 Å². The van der Waals surface area contributed by atoms with Crippen LogP contribution < -0.4 is 10.6 Å². The van der Waals surface area contributed by atoms with Crippen LogP contribution in [-0.4, -0.2) is 48.4 Å². The molecule has 2 N–H and O–H groups in total. The molecular formula is C25H40N4O2. The van der Waals surface area contributed by atoms with Gasteiger partial charge >= 0.3 is 0 Å². The summed E-state index contributed by atoms with van der Waals surface area (Å²) in [6.45, 7) is 5.51. The largest absolute Gasteiger partial charge is 0.353 e. The SMILES string of the molecule is CC1CC2C(CN1)CC(C1CC(NC(=O)C3CCCC(C#N)C3)CCC1C)C(=O)N2C. The number of nitrogens with zero attached hydrogens (tertiary/aromatic N) is 2. The number of rotatable bonds is 3. The van der Waals surface area contributed by atoms with Crippen LogP contribution in [0.4, 0.5) is 0 Å². The molecule has 2 saturated heterocycles. The maximum Gasteiger partial charge on any atom is 0.225 e. The van der Waals surface area contributed by atoms with E-state index in [1.54, 1.807) is 0 Å². The quantitative estimate of drug-likeness (QED) is 0.723. The molecule has 2 aliphatic heterocycles. The minimum atomic E-state index is -0.0188. The number of carbonyl (C=O) groups excluding carboxylic acids is 2. The maximum absolute atomic E-state index is 13.4. The standard InChI is InChI=1S/C25H40N4O2/c1-15-7-8-20(28-24(30)18-6-4-5-17(10-18)13-26)12-21(15)22-11-19-14-27-16(2)9-23(19)29(3)25(22)31/h15-23,27H,4-12,14H2,1-3H3,(H,28,30). The van der Waals surface area contributed by atoms with Gasteiger partial charge in [0.05, 0.1) is 6.07 Å². The summed E-state index contributed by atoms with van der Waals surface area (Å²) in [5, 5.41) is 16.2. The Morgan fingerprint density at radius 2 is 1.94 bits per heavy atom. The van der Waals surface area contributed by atoms with E-state index in [1.807, 2.05) is 7.05 Å². The molecule has 0 bridgehead atoms. The summed E-state index contributed by atoms with van der Waals surface area (Å²) in [5.74, 6) is 1.94. The van der Waals surface area contributed by atoms with Gasteiger partial charge in [0.15, 0.2) is 0 Å². The van der Waals surface area contributed by atoms with Crippen LogP contribution in [0.3, 0.4) is 0 Å². The molecule has 6 heteroatoms. The van der Waals surface area contributed by atoms with Gasteiger partial charge in [0.25, 0.3) is 0 Å². The molecule has 2 amide bonds. The second-order valence-corrected chi connectivity index (χ2v) is 11.0. The Morgan fingerprint density at radius 1 is 1.13 bits per heavy atom. The van der Waals surface area contributed by atoms with Crippen molar-refractivity contribution in [1.29, 1.82) is 5.26 Å². The lowest BCUT2D eigenvalue weighted by atomic mass is 9.65. The van der Waals surface area contributed by atoms with Gasteiger partial charge in [-0.2, -0.15) is 5.26 Å². The second kappa shape index (κ2) is 9.48. The molecular weight excluding hydrogens is 388 g/mol. The summed E-state index contributed by atoms with van der Waals surface area (Å²) in [4.78, 5) is 28.3. The molecule has 0 aromatic rings. The maximum atomic E-state index is 13.4. The molecule has 4 rings (SSSR count).